The Morgan fingerprint density at radius 1 is 1.06 bits per heavy atom. The lowest BCUT2D eigenvalue weighted by molar-refractivity contribution is 0.204. The molecule has 1 saturated heterocycles. The summed E-state index contributed by atoms with van der Waals surface area (Å²) in [5.74, 6) is 0.417. The van der Waals surface area contributed by atoms with Gasteiger partial charge in [-0.2, -0.15) is 0 Å². The highest BCUT2D eigenvalue weighted by molar-refractivity contribution is 5.48. The van der Waals surface area contributed by atoms with Crippen LogP contribution >= 0.6 is 0 Å². The van der Waals surface area contributed by atoms with E-state index in [-0.39, 0.29) is 17.1 Å². The maximum absolute atomic E-state index is 13.5. The van der Waals surface area contributed by atoms with E-state index in [0.29, 0.717) is 44.0 Å². The molecule has 7 heteroatoms. The van der Waals surface area contributed by atoms with Crippen molar-refractivity contribution in [1.82, 2.24) is 9.47 Å². The smallest absolute Gasteiger partial charge is 0.259 e. The molecular weight excluding hydrogens is 421 g/mol. The highest BCUT2D eigenvalue weighted by Gasteiger charge is 2.33. The first-order valence-electron chi connectivity index (χ1n) is 11.2. The number of aryl methyl sites for hydroxylation is 1. The lowest BCUT2D eigenvalue weighted by Gasteiger charge is -2.40. The molecule has 1 atom stereocenters. The summed E-state index contributed by atoms with van der Waals surface area (Å²) in [6.07, 6.45) is 0. The van der Waals surface area contributed by atoms with Gasteiger partial charge in [0, 0.05) is 49.7 Å². The van der Waals surface area contributed by atoms with Crippen LogP contribution in [0, 0.1) is 12.7 Å². The van der Waals surface area contributed by atoms with E-state index in [1.165, 1.54) is 12.1 Å². The van der Waals surface area contributed by atoms with E-state index in [1.807, 2.05) is 38.1 Å². The largest absolute Gasteiger partial charge is 0.507 e. The van der Waals surface area contributed by atoms with Gasteiger partial charge in [-0.3, -0.25) is 9.69 Å². The number of rotatable bonds is 6. The summed E-state index contributed by atoms with van der Waals surface area (Å²) in [5.41, 5.74) is 2.71. The molecule has 0 amide bonds. The minimum Gasteiger partial charge on any atom is -0.507 e. The Kier molecular flexibility index (Phi) is 6.70. The van der Waals surface area contributed by atoms with Gasteiger partial charge in [0.15, 0.2) is 0 Å². The Balaban J connectivity index is 1.74. The van der Waals surface area contributed by atoms with Crippen molar-refractivity contribution in [3.63, 3.8) is 0 Å². The van der Waals surface area contributed by atoms with Gasteiger partial charge >= 0.3 is 0 Å². The molecule has 3 aromatic rings. The topological polar surface area (TPSA) is 57.9 Å². The van der Waals surface area contributed by atoms with Gasteiger partial charge < -0.3 is 19.3 Å². The first kappa shape index (κ1) is 22.9. The number of ether oxygens (including phenoxy) is 1. The van der Waals surface area contributed by atoms with E-state index in [2.05, 4.69) is 9.80 Å². The van der Waals surface area contributed by atoms with Gasteiger partial charge in [-0.05, 0) is 50.2 Å². The molecule has 0 aliphatic carbocycles. The molecular formula is C26H30FN3O3. The molecule has 0 unspecified atom stereocenters. The van der Waals surface area contributed by atoms with Gasteiger partial charge in [0.1, 0.15) is 17.3 Å². The Morgan fingerprint density at radius 3 is 2.36 bits per heavy atom. The van der Waals surface area contributed by atoms with Gasteiger partial charge in [-0.1, -0.05) is 18.2 Å². The Morgan fingerprint density at radius 2 is 1.73 bits per heavy atom. The molecule has 0 spiro atoms. The van der Waals surface area contributed by atoms with Crippen LogP contribution in [0.2, 0.25) is 0 Å². The van der Waals surface area contributed by atoms with Crippen molar-refractivity contribution in [2.45, 2.75) is 26.4 Å². The molecule has 0 radical (unpaired) electrons. The molecule has 0 bridgehead atoms. The summed E-state index contributed by atoms with van der Waals surface area (Å²) in [7, 11) is 1.61. The number of halogens is 1. The second kappa shape index (κ2) is 9.67. The van der Waals surface area contributed by atoms with Crippen LogP contribution < -0.4 is 15.2 Å². The summed E-state index contributed by atoms with van der Waals surface area (Å²) in [6, 6.07) is 15.4. The number of aromatic hydroxyl groups is 1. The van der Waals surface area contributed by atoms with Crippen molar-refractivity contribution < 1.29 is 14.2 Å². The Bertz CT molecular complexity index is 1170. The van der Waals surface area contributed by atoms with E-state index >= 15 is 0 Å². The van der Waals surface area contributed by atoms with Crippen LogP contribution in [0.25, 0.3) is 0 Å². The number of piperazine rings is 1. The normalized spacial score (nSPS) is 15.5. The van der Waals surface area contributed by atoms with Crippen LogP contribution in [-0.2, 0) is 6.54 Å². The average Bonchev–Trinajstić information content (AvgIpc) is 2.82. The minimum atomic E-state index is -0.456. The quantitative estimate of drug-likeness (QED) is 0.615. The number of nitrogens with zero attached hydrogens (tertiary/aromatic N) is 3. The summed E-state index contributed by atoms with van der Waals surface area (Å²) in [6.45, 7) is 7.04. The van der Waals surface area contributed by atoms with Crippen molar-refractivity contribution in [2.75, 3.05) is 38.2 Å². The first-order chi connectivity index (χ1) is 15.9. The average molecular weight is 452 g/mol. The number of pyridine rings is 1. The van der Waals surface area contributed by atoms with E-state index in [9.17, 15) is 14.3 Å². The van der Waals surface area contributed by atoms with E-state index in [1.54, 1.807) is 29.9 Å². The van der Waals surface area contributed by atoms with Crippen molar-refractivity contribution in [3.05, 3.63) is 87.6 Å². The third-order valence-electron chi connectivity index (χ3n) is 6.42. The number of aromatic nitrogens is 1. The van der Waals surface area contributed by atoms with Gasteiger partial charge in [0.05, 0.1) is 18.7 Å². The van der Waals surface area contributed by atoms with Gasteiger partial charge in [0.25, 0.3) is 5.56 Å². The zero-order valence-electron chi connectivity index (χ0n) is 19.3. The van der Waals surface area contributed by atoms with E-state index in [0.717, 1.165) is 16.9 Å². The summed E-state index contributed by atoms with van der Waals surface area (Å²) in [5, 5.41) is 10.9. The third kappa shape index (κ3) is 4.46. The molecule has 174 valence electrons. The monoisotopic (exact) mass is 451 g/mol. The van der Waals surface area contributed by atoms with Crippen LogP contribution in [0.15, 0.2) is 59.4 Å². The van der Waals surface area contributed by atoms with Crippen LogP contribution in [0.5, 0.6) is 11.5 Å². The summed E-state index contributed by atoms with van der Waals surface area (Å²) < 4.78 is 20.7. The number of hydrogen-bond donors (Lipinski definition) is 1. The van der Waals surface area contributed by atoms with Gasteiger partial charge in [0.2, 0.25) is 0 Å². The van der Waals surface area contributed by atoms with Gasteiger partial charge in [-0.25, -0.2) is 4.39 Å². The standard InChI is InChI=1S/C26H30FN3O3/c1-4-30-18(2)17-22(31)24(26(30)32)25(21-7-5-6-8-23(21)33-3)29-15-13-28(14-16-29)20-11-9-19(27)10-12-20/h5-12,17,25,31H,4,13-16H2,1-3H3/t25-/m0/s1. The zero-order valence-corrected chi connectivity index (χ0v) is 19.3. The molecule has 2 heterocycles. The minimum absolute atomic E-state index is 0.000861. The molecule has 2 aromatic carbocycles. The summed E-state index contributed by atoms with van der Waals surface area (Å²) in [4.78, 5) is 17.9. The summed E-state index contributed by atoms with van der Waals surface area (Å²) >= 11 is 0. The van der Waals surface area contributed by atoms with Crippen molar-refractivity contribution in [1.29, 1.82) is 0 Å². The van der Waals surface area contributed by atoms with Crippen LogP contribution in [0.3, 0.4) is 0 Å². The molecule has 1 fully saturated rings. The Hall–Kier alpha value is -3.32. The fraction of sp³-hybridized carbons (Fsp3) is 0.346. The number of anilines is 1. The van der Waals surface area contributed by atoms with Crippen LogP contribution in [0.4, 0.5) is 10.1 Å². The molecule has 1 aliphatic rings. The number of para-hydroxylation sites is 1. The second-order valence-electron chi connectivity index (χ2n) is 8.28. The molecule has 33 heavy (non-hydrogen) atoms. The molecule has 1 aliphatic heterocycles. The lowest BCUT2D eigenvalue weighted by atomic mass is 9.95. The highest BCUT2D eigenvalue weighted by atomic mass is 19.1. The first-order valence-corrected chi connectivity index (χ1v) is 11.2. The predicted molar refractivity (Wildman–Crippen MR) is 128 cm³/mol. The van der Waals surface area contributed by atoms with Crippen LogP contribution in [0.1, 0.15) is 29.8 Å². The molecule has 4 rings (SSSR count). The third-order valence-corrected chi connectivity index (χ3v) is 6.42. The Labute approximate surface area is 193 Å². The van der Waals surface area contributed by atoms with Crippen molar-refractivity contribution in [3.8, 4) is 11.5 Å². The van der Waals surface area contributed by atoms with Crippen molar-refractivity contribution >= 4 is 5.69 Å². The fourth-order valence-corrected chi connectivity index (χ4v) is 4.74. The maximum atomic E-state index is 13.5. The predicted octanol–water partition coefficient (Wildman–Crippen LogP) is 3.94. The second-order valence-corrected chi connectivity index (χ2v) is 8.28. The number of benzene rings is 2. The molecule has 1 aromatic heterocycles. The molecule has 1 N–H and O–H groups in total. The highest BCUT2D eigenvalue weighted by Crippen LogP contribution is 2.38. The lowest BCUT2D eigenvalue weighted by Crippen LogP contribution is -2.49. The van der Waals surface area contributed by atoms with Crippen molar-refractivity contribution in [2.24, 2.45) is 0 Å². The van der Waals surface area contributed by atoms with Crippen LogP contribution in [-0.4, -0.2) is 47.9 Å². The van der Waals surface area contributed by atoms with E-state index < -0.39 is 6.04 Å². The maximum Gasteiger partial charge on any atom is 0.259 e. The zero-order chi connectivity index (χ0) is 23.5. The number of methoxy groups -OCH3 is 1. The molecule has 6 nitrogen and oxygen atoms in total. The molecule has 0 saturated carbocycles. The number of hydrogen-bond acceptors (Lipinski definition) is 5. The SMILES string of the molecule is CCn1c(C)cc(O)c([C@H](c2ccccc2OC)N2CCN(c3ccc(F)cc3)CC2)c1=O. The van der Waals surface area contributed by atoms with E-state index in [4.69, 9.17) is 4.74 Å². The van der Waals surface area contributed by atoms with Gasteiger partial charge in [-0.15, -0.1) is 0 Å². The fourth-order valence-electron chi connectivity index (χ4n) is 4.74.